The van der Waals surface area contributed by atoms with Crippen molar-refractivity contribution < 1.29 is 27.5 Å². The van der Waals surface area contributed by atoms with E-state index in [1.165, 1.54) is 24.3 Å². The maximum Gasteiger partial charge on any atom is 0.471 e. The summed E-state index contributed by atoms with van der Waals surface area (Å²) in [5, 5.41) is 4.89. The zero-order chi connectivity index (χ0) is 20.0. The molecule has 0 radical (unpaired) electrons. The number of para-hydroxylation sites is 1. The highest BCUT2D eigenvalue weighted by Gasteiger charge is 2.38. The van der Waals surface area contributed by atoms with Crippen molar-refractivity contribution in [3.05, 3.63) is 58.1 Å². The molecule has 144 valence electrons. The Morgan fingerprint density at radius 2 is 1.78 bits per heavy atom. The quantitative estimate of drug-likeness (QED) is 0.735. The molecule has 10 heteroatoms. The van der Waals surface area contributed by atoms with Crippen molar-refractivity contribution >= 4 is 40.7 Å². The highest BCUT2D eigenvalue weighted by molar-refractivity contribution is 6.35. The van der Waals surface area contributed by atoms with Crippen LogP contribution in [0.1, 0.15) is 5.56 Å². The summed E-state index contributed by atoms with van der Waals surface area (Å²) in [6.45, 7) is -0.788. The smallest absolute Gasteiger partial charge is 0.471 e. The van der Waals surface area contributed by atoms with Crippen molar-refractivity contribution in [2.75, 3.05) is 11.9 Å². The van der Waals surface area contributed by atoms with Crippen LogP contribution in [0, 0.1) is 0 Å². The number of benzene rings is 2. The fourth-order valence-corrected chi connectivity index (χ4v) is 2.46. The lowest BCUT2D eigenvalue weighted by Crippen LogP contribution is -2.36. The lowest BCUT2D eigenvalue weighted by atomic mass is 10.1. The van der Waals surface area contributed by atoms with E-state index in [0.29, 0.717) is 10.6 Å². The summed E-state index contributed by atoms with van der Waals surface area (Å²) in [4.78, 5) is 23.0. The van der Waals surface area contributed by atoms with Crippen LogP contribution in [0.5, 0.6) is 5.75 Å². The number of rotatable bonds is 6. The molecule has 2 amide bonds. The predicted molar refractivity (Wildman–Crippen MR) is 94.9 cm³/mol. The minimum Gasteiger partial charge on any atom is -0.482 e. The minimum absolute atomic E-state index is 0.227. The normalized spacial score (nSPS) is 11.0. The first kappa shape index (κ1) is 20.9. The zero-order valence-electron chi connectivity index (χ0n) is 13.6. The van der Waals surface area contributed by atoms with E-state index in [1.807, 2.05) is 0 Å². The molecule has 0 unspecified atom stereocenters. The molecule has 2 N–H and O–H groups in total. The number of carbonyl (C=O) groups excluding carboxylic acids is 2. The van der Waals surface area contributed by atoms with Gasteiger partial charge in [-0.05, 0) is 29.8 Å². The number of alkyl halides is 3. The molecule has 0 saturated carbocycles. The summed E-state index contributed by atoms with van der Waals surface area (Å²) in [6.07, 6.45) is -4.98. The zero-order valence-corrected chi connectivity index (χ0v) is 15.1. The average Bonchev–Trinajstić information content (AvgIpc) is 2.59. The lowest BCUT2D eigenvalue weighted by Gasteiger charge is -2.13. The van der Waals surface area contributed by atoms with E-state index in [1.54, 1.807) is 23.5 Å². The number of anilines is 1. The third-order valence-corrected chi connectivity index (χ3v) is 3.77. The number of amides is 2. The van der Waals surface area contributed by atoms with Gasteiger partial charge in [0.1, 0.15) is 5.75 Å². The molecule has 0 aliphatic heterocycles. The predicted octanol–water partition coefficient (Wildman–Crippen LogP) is 4.19. The van der Waals surface area contributed by atoms with E-state index >= 15 is 0 Å². The molecule has 27 heavy (non-hydrogen) atoms. The second kappa shape index (κ2) is 8.96. The van der Waals surface area contributed by atoms with Gasteiger partial charge < -0.3 is 15.4 Å². The fraction of sp³-hybridized carbons (Fsp3) is 0.176. The van der Waals surface area contributed by atoms with E-state index in [2.05, 4.69) is 5.32 Å². The summed E-state index contributed by atoms with van der Waals surface area (Å²) >= 11 is 11.7. The van der Waals surface area contributed by atoms with E-state index in [4.69, 9.17) is 27.9 Å². The monoisotopic (exact) mass is 420 g/mol. The fourth-order valence-electron chi connectivity index (χ4n) is 1.99. The Morgan fingerprint density at radius 1 is 1.07 bits per heavy atom. The molecule has 0 aliphatic rings. The molecule has 0 spiro atoms. The average molecular weight is 421 g/mol. The lowest BCUT2D eigenvalue weighted by molar-refractivity contribution is -0.173. The molecule has 0 fully saturated rings. The van der Waals surface area contributed by atoms with Crippen LogP contribution in [-0.2, 0) is 16.1 Å². The molecule has 2 rings (SSSR count). The molecule has 0 aromatic heterocycles. The summed E-state index contributed by atoms with van der Waals surface area (Å²) < 4.78 is 42.1. The summed E-state index contributed by atoms with van der Waals surface area (Å²) in [7, 11) is 0. The van der Waals surface area contributed by atoms with Gasteiger partial charge in [0.25, 0.3) is 5.91 Å². The Hall–Kier alpha value is -2.45. The Bertz CT molecular complexity index is 844. The van der Waals surface area contributed by atoms with Crippen LogP contribution in [0.25, 0.3) is 0 Å². The van der Waals surface area contributed by atoms with Crippen molar-refractivity contribution in [2.24, 2.45) is 0 Å². The SMILES string of the molecule is O=C(COc1ccc(Cl)cc1Cl)Nc1ccccc1CNC(=O)C(F)(F)F. The van der Waals surface area contributed by atoms with Crippen molar-refractivity contribution in [1.82, 2.24) is 5.32 Å². The molecule has 2 aromatic carbocycles. The summed E-state index contributed by atoms with van der Waals surface area (Å²) in [5.41, 5.74) is 0.545. The molecule has 0 atom stereocenters. The number of ether oxygens (including phenoxy) is 1. The van der Waals surface area contributed by atoms with E-state index in [-0.39, 0.29) is 23.1 Å². The second-order valence-corrected chi connectivity index (χ2v) is 6.09. The van der Waals surface area contributed by atoms with Crippen molar-refractivity contribution in [3.63, 3.8) is 0 Å². The third-order valence-electron chi connectivity index (χ3n) is 3.24. The van der Waals surface area contributed by atoms with Crippen LogP contribution in [0.2, 0.25) is 10.0 Å². The third kappa shape index (κ3) is 6.33. The van der Waals surface area contributed by atoms with E-state index < -0.39 is 24.5 Å². The Morgan fingerprint density at radius 3 is 2.44 bits per heavy atom. The van der Waals surface area contributed by atoms with Crippen molar-refractivity contribution in [3.8, 4) is 5.75 Å². The molecule has 5 nitrogen and oxygen atoms in total. The van der Waals surface area contributed by atoms with Gasteiger partial charge >= 0.3 is 12.1 Å². The van der Waals surface area contributed by atoms with E-state index in [0.717, 1.165) is 0 Å². The molecule has 0 bridgehead atoms. The van der Waals surface area contributed by atoms with Crippen LogP contribution < -0.4 is 15.4 Å². The largest absolute Gasteiger partial charge is 0.482 e. The highest BCUT2D eigenvalue weighted by Crippen LogP contribution is 2.27. The number of nitrogens with one attached hydrogen (secondary N) is 2. The number of carbonyl (C=O) groups is 2. The van der Waals surface area contributed by atoms with Crippen LogP contribution in [0.3, 0.4) is 0 Å². The van der Waals surface area contributed by atoms with Gasteiger partial charge in [-0.25, -0.2) is 0 Å². The Balaban J connectivity index is 1.96. The summed E-state index contributed by atoms with van der Waals surface area (Å²) in [5.74, 6) is -2.37. The van der Waals surface area contributed by atoms with Crippen molar-refractivity contribution in [2.45, 2.75) is 12.7 Å². The molecular weight excluding hydrogens is 408 g/mol. The highest BCUT2D eigenvalue weighted by atomic mass is 35.5. The van der Waals surface area contributed by atoms with Crippen LogP contribution >= 0.6 is 23.2 Å². The maximum absolute atomic E-state index is 12.3. The molecule has 2 aromatic rings. The molecule has 0 aliphatic carbocycles. The number of halogens is 5. The van der Waals surface area contributed by atoms with E-state index in [9.17, 15) is 22.8 Å². The van der Waals surface area contributed by atoms with Gasteiger partial charge in [0.15, 0.2) is 6.61 Å². The van der Waals surface area contributed by atoms with Crippen molar-refractivity contribution in [1.29, 1.82) is 0 Å². The first-order valence-electron chi connectivity index (χ1n) is 7.47. The minimum atomic E-state index is -4.98. The topological polar surface area (TPSA) is 67.4 Å². The van der Waals surface area contributed by atoms with Gasteiger partial charge in [-0.1, -0.05) is 41.4 Å². The maximum atomic E-state index is 12.3. The molecule has 0 heterocycles. The van der Waals surface area contributed by atoms with Gasteiger partial charge in [-0.3, -0.25) is 9.59 Å². The first-order chi connectivity index (χ1) is 12.7. The van der Waals surface area contributed by atoms with Gasteiger partial charge in [0.2, 0.25) is 0 Å². The van der Waals surface area contributed by atoms with Gasteiger partial charge in [-0.2, -0.15) is 13.2 Å². The van der Waals surface area contributed by atoms with Crippen LogP contribution in [0.15, 0.2) is 42.5 Å². The molecular formula is C17H13Cl2F3N2O3. The van der Waals surface area contributed by atoms with Crippen LogP contribution in [-0.4, -0.2) is 24.6 Å². The first-order valence-corrected chi connectivity index (χ1v) is 8.23. The standard InChI is InChI=1S/C17H13Cl2F3N2O3/c18-11-5-6-14(12(19)7-11)27-9-15(25)24-13-4-2-1-3-10(13)8-23-16(26)17(20,21)22/h1-7H,8-9H2,(H,23,26)(H,24,25). The second-order valence-electron chi connectivity index (χ2n) is 5.25. The van der Waals surface area contributed by atoms with Gasteiger partial charge in [0.05, 0.1) is 5.02 Å². The Labute approximate surface area is 162 Å². The van der Waals surface area contributed by atoms with Gasteiger partial charge in [0, 0.05) is 17.3 Å². The van der Waals surface area contributed by atoms with Crippen LogP contribution in [0.4, 0.5) is 18.9 Å². The number of hydrogen-bond donors (Lipinski definition) is 2. The molecule has 0 saturated heterocycles. The van der Waals surface area contributed by atoms with Gasteiger partial charge in [-0.15, -0.1) is 0 Å². The Kier molecular flexibility index (Phi) is 6.92. The summed E-state index contributed by atoms with van der Waals surface area (Å²) in [6, 6.07) is 10.6. The number of hydrogen-bond acceptors (Lipinski definition) is 3.